The van der Waals surface area contributed by atoms with E-state index in [0.717, 1.165) is 16.9 Å². The lowest BCUT2D eigenvalue weighted by Crippen LogP contribution is -2.42. The van der Waals surface area contributed by atoms with Crippen LogP contribution in [-0.4, -0.2) is 50.1 Å². The highest BCUT2D eigenvalue weighted by atomic mass is 16.5. The first-order valence-corrected chi connectivity index (χ1v) is 9.99. The summed E-state index contributed by atoms with van der Waals surface area (Å²) in [5.74, 6) is 0.835. The van der Waals surface area contributed by atoms with Gasteiger partial charge in [0.15, 0.2) is 0 Å². The molecule has 2 aromatic rings. The van der Waals surface area contributed by atoms with Crippen LogP contribution in [-0.2, 0) is 20.7 Å². The van der Waals surface area contributed by atoms with E-state index in [0.29, 0.717) is 45.5 Å². The Morgan fingerprint density at radius 1 is 1.14 bits per heavy atom. The Hall–Kier alpha value is -2.86. The standard InChI is InChI=1S/C23H28N2O4/c1-28-20-11-9-18(10-12-20)16-22(26)24-13-5-8-23(27)25-14-15-29-21(17-25)19-6-3-2-4-7-19/h2-4,6-7,9-12,21H,5,8,13-17H2,1H3,(H,24,26). The Bertz CT molecular complexity index is 792. The van der Waals surface area contributed by atoms with E-state index in [-0.39, 0.29) is 17.9 Å². The van der Waals surface area contributed by atoms with Gasteiger partial charge in [0.25, 0.3) is 0 Å². The molecule has 1 saturated heterocycles. The Kier molecular flexibility index (Phi) is 7.64. The summed E-state index contributed by atoms with van der Waals surface area (Å²) in [6, 6.07) is 17.4. The first-order valence-electron chi connectivity index (χ1n) is 9.99. The van der Waals surface area contributed by atoms with Crippen molar-refractivity contribution in [3.63, 3.8) is 0 Å². The number of nitrogens with one attached hydrogen (secondary N) is 1. The van der Waals surface area contributed by atoms with Crippen LogP contribution in [0, 0.1) is 0 Å². The Morgan fingerprint density at radius 2 is 1.90 bits per heavy atom. The van der Waals surface area contributed by atoms with Crippen molar-refractivity contribution in [2.24, 2.45) is 0 Å². The van der Waals surface area contributed by atoms with Crippen molar-refractivity contribution in [3.8, 4) is 5.75 Å². The maximum absolute atomic E-state index is 12.5. The number of hydrogen-bond donors (Lipinski definition) is 1. The van der Waals surface area contributed by atoms with Crippen LogP contribution in [0.1, 0.15) is 30.1 Å². The molecule has 1 unspecified atom stereocenters. The predicted octanol–water partition coefficient (Wildman–Crippen LogP) is 2.73. The molecule has 0 aromatic heterocycles. The molecule has 1 atom stereocenters. The highest BCUT2D eigenvalue weighted by Crippen LogP contribution is 2.22. The maximum Gasteiger partial charge on any atom is 0.224 e. The molecule has 0 radical (unpaired) electrons. The van der Waals surface area contributed by atoms with Crippen molar-refractivity contribution in [1.29, 1.82) is 0 Å². The van der Waals surface area contributed by atoms with Gasteiger partial charge in [-0.15, -0.1) is 0 Å². The fraction of sp³-hybridized carbons (Fsp3) is 0.391. The van der Waals surface area contributed by atoms with Gasteiger partial charge in [0.2, 0.25) is 11.8 Å². The maximum atomic E-state index is 12.5. The Balaban J connectivity index is 1.36. The molecule has 0 aliphatic carbocycles. The summed E-state index contributed by atoms with van der Waals surface area (Å²) >= 11 is 0. The summed E-state index contributed by atoms with van der Waals surface area (Å²) in [5, 5.41) is 2.89. The molecule has 1 fully saturated rings. The van der Waals surface area contributed by atoms with Crippen LogP contribution in [0.25, 0.3) is 0 Å². The zero-order valence-electron chi connectivity index (χ0n) is 16.8. The molecular formula is C23H28N2O4. The molecule has 3 rings (SSSR count). The fourth-order valence-corrected chi connectivity index (χ4v) is 3.36. The first kappa shape index (κ1) is 20.9. The van der Waals surface area contributed by atoms with Gasteiger partial charge >= 0.3 is 0 Å². The number of hydrogen-bond acceptors (Lipinski definition) is 4. The molecule has 0 spiro atoms. The van der Waals surface area contributed by atoms with Gasteiger partial charge < -0.3 is 19.7 Å². The van der Waals surface area contributed by atoms with Crippen LogP contribution >= 0.6 is 0 Å². The van der Waals surface area contributed by atoms with E-state index in [9.17, 15) is 9.59 Å². The zero-order valence-corrected chi connectivity index (χ0v) is 16.8. The van der Waals surface area contributed by atoms with Gasteiger partial charge in [-0.05, 0) is 29.7 Å². The molecule has 1 aliphatic heterocycles. The first-order chi connectivity index (χ1) is 14.2. The number of carbonyl (C=O) groups is 2. The largest absolute Gasteiger partial charge is 0.497 e. The second-order valence-electron chi connectivity index (χ2n) is 7.09. The highest BCUT2D eigenvalue weighted by Gasteiger charge is 2.24. The van der Waals surface area contributed by atoms with Gasteiger partial charge in [-0.1, -0.05) is 42.5 Å². The Morgan fingerprint density at radius 3 is 2.62 bits per heavy atom. The minimum atomic E-state index is -0.0712. The van der Waals surface area contributed by atoms with Gasteiger partial charge in [-0.3, -0.25) is 9.59 Å². The van der Waals surface area contributed by atoms with Crippen molar-refractivity contribution < 1.29 is 19.1 Å². The van der Waals surface area contributed by atoms with E-state index in [4.69, 9.17) is 9.47 Å². The van der Waals surface area contributed by atoms with E-state index in [1.807, 2.05) is 59.5 Å². The number of amides is 2. The van der Waals surface area contributed by atoms with E-state index >= 15 is 0 Å². The summed E-state index contributed by atoms with van der Waals surface area (Å²) in [7, 11) is 1.61. The van der Waals surface area contributed by atoms with Gasteiger partial charge in [0.05, 0.1) is 26.7 Å². The van der Waals surface area contributed by atoms with Crippen molar-refractivity contribution in [3.05, 3.63) is 65.7 Å². The summed E-state index contributed by atoms with van der Waals surface area (Å²) in [5.41, 5.74) is 2.02. The van der Waals surface area contributed by atoms with Crippen LogP contribution in [0.15, 0.2) is 54.6 Å². The third kappa shape index (κ3) is 6.32. The van der Waals surface area contributed by atoms with Gasteiger partial charge in [-0.2, -0.15) is 0 Å². The van der Waals surface area contributed by atoms with E-state index in [1.54, 1.807) is 7.11 Å². The second kappa shape index (κ2) is 10.6. The van der Waals surface area contributed by atoms with E-state index in [1.165, 1.54) is 0 Å². The quantitative estimate of drug-likeness (QED) is 0.697. The van der Waals surface area contributed by atoms with Crippen LogP contribution in [0.5, 0.6) is 5.75 Å². The van der Waals surface area contributed by atoms with Crippen molar-refractivity contribution in [1.82, 2.24) is 10.2 Å². The number of morpholine rings is 1. The van der Waals surface area contributed by atoms with Crippen molar-refractivity contribution >= 4 is 11.8 Å². The monoisotopic (exact) mass is 396 g/mol. The number of carbonyl (C=O) groups excluding carboxylic acids is 2. The fourth-order valence-electron chi connectivity index (χ4n) is 3.36. The molecule has 154 valence electrons. The second-order valence-corrected chi connectivity index (χ2v) is 7.09. The molecule has 0 bridgehead atoms. The van der Waals surface area contributed by atoms with Crippen LogP contribution in [0.3, 0.4) is 0 Å². The zero-order chi connectivity index (χ0) is 20.5. The van der Waals surface area contributed by atoms with Crippen LogP contribution < -0.4 is 10.1 Å². The summed E-state index contributed by atoms with van der Waals surface area (Å²) in [6.45, 7) is 2.23. The molecule has 6 nitrogen and oxygen atoms in total. The average molecular weight is 396 g/mol. The molecule has 2 amide bonds. The number of benzene rings is 2. The van der Waals surface area contributed by atoms with E-state index in [2.05, 4.69) is 5.32 Å². The summed E-state index contributed by atoms with van der Waals surface area (Å²) in [6.07, 6.45) is 1.29. The number of ether oxygens (including phenoxy) is 2. The third-order valence-electron chi connectivity index (χ3n) is 5.00. The summed E-state index contributed by atoms with van der Waals surface area (Å²) < 4.78 is 10.9. The molecule has 1 aliphatic rings. The third-order valence-corrected chi connectivity index (χ3v) is 5.00. The topological polar surface area (TPSA) is 67.9 Å². The molecule has 29 heavy (non-hydrogen) atoms. The smallest absolute Gasteiger partial charge is 0.224 e. The van der Waals surface area contributed by atoms with Crippen LogP contribution in [0.2, 0.25) is 0 Å². The Labute approximate surface area is 171 Å². The normalized spacial score (nSPS) is 16.3. The van der Waals surface area contributed by atoms with E-state index < -0.39 is 0 Å². The van der Waals surface area contributed by atoms with Gasteiger partial charge in [0.1, 0.15) is 11.9 Å². The lowest BCUT2D eigenvalue weighted by atomic mass is 10.1. The number of nitrogens with zero attached hydrogens (tertiary/aromatic N) is 1. The van der Waals surface area contributed by atoms with Crippen molar-refractivity contribution in [2.75, 3.05) is 33.4 Å². The molecule has 6 heteroatoms. The molecule has 2 aromatic carbocycles. The SMILES string of the molecule is COc1ccc(CC(=O)NCCCC(=O)N2CCOC(c3ccccc3)C2)cc1. The summed E-state index contributed by atoms with van der Waals surface area (Å²) in [4.78, 5) is 26.4. The molecular weight excluding hydrogens is 368 g/mol. The molecule has 0 saturated carbocycles. The highest BCUT2D eigenvalue weighted by molar-refractivity contribution is 5.79. The predicted molar refractivity (Wildman–Crippen MR) is 111 cm³/mol. The average Bonchev–Trinajstić information content (AvgIpc) is 2.78. The molecule has 1 N–H and O–H groups in total. The van der Waals surface area contributed by atoms with Gasteiger partial charge in [0, 0.05) is 19.5 Å². The lowest BCUT2D eigenvalue weighted by molar-refractivity contribution is -0.139. The van der Waals surface area contributed by atoms with Gasteiger partial charge in [-0.25, -0.2) is 0 Å². The minimum absolute atomic E-state index is 0.0434. The molecule has 1 heterocycles. The van der Waals surface area contributed by atoms with Crippen LogP contribution in [0.4, 0.5) is 0 Å². The number of methoxy groups -OCH3 is 1. The number of rotatable bonds is 8. The van der Waals surface area contributed by atoms with Crippen molar-refractivity contribution in [2.45, 2.75) is 25.4 Å². The minimum Gasteiger partial charge on any atom is -0.497 e. The lowest BCUT2D eigenvalue weighted by Gasteiger charge is -2.33.